The van der Waals surface area contributed by atoms with Gasteiger partial charge in [0, 0.05) is 17.6 Å². The zero-order valence-electron chi connectivity index (χ0n) is 7.86. The smallest absolute Gasteiger partial charge is 1.00 e. The van der Waals surface area contributed by atoms with E-state index in [2.05, 4.69) is 4.98 Å². The summed E-state index contributed by atoms with van der Waals surface area (Å²) >= 11 is 0. The van der Waals surface area contributed by atoms with Crippen LogP contribution in [0.15, 0.2) is 36.5 Å². The quantitative estimate of drug-likeness (QED) is 0.516. The molecule has 2 aromatic rings. The molecular weight excluding hydrogens is 161 g/mol. The Labute approximate surface area is 94.0 Å². The van der Waals surface area contributed by atoms with Gasteiger partial charge in [-0.2, -0.15) is 0 Å². The first-order valence-corrected chi connectivity index (χ1v) is 3.40. The zero-order valence-corrected chi connectivity index (χ0v) is 8.86. The predicted octanol–water partition coefficient (Wildman–Crippen LogP) is -0.943. The van der Waals surface area contributed by atoms with Crippen molar-refractivity contribution in [2.45, 2.75) is 0 Å². The molecule has 56 valence electrons. The molecule has 2 rings (SSSR count). The topological polar surface area (TPSA) is 33.1 Å². The Morgan fingerprint density at radius 2 is 2.08 bits per heavy atom. The van der Waals surface area contributed by atoms with Gasteiger partial charge >= 0.3 is 29.6 Å². The average Bonchev–Trinajstić information content (AvgIpc) is 2.04. The molecule has 0 saturated carbocycles. The third-order valence-corrected chi connectivity index (χ3v) is 1.59. The fourth-order valence-electron chi connectivity index (χ4n) is 1.05. The third kappa shape index (κ3) is 1.78. The monoisotopic (exact) mass is 169 g/mol. The molecule has 1 N–H and O–H groups in total. The van der Waals surface area contributed by atoms with E-state index < -0.39 is 0 Å². The van der Waals surface area contributed by atoms with Crippen molar-refractivity contribution >= 4 is 10.9 Å². The van der Waals surface area contributed by atoms with Crippen LogP contribution in [0.5, 0.6) is 5.75 Å². The standard InChI is InChI=1S/C9H7NO.Na.H/c11-8-4-3-7-2-1-5-10-9(7)6-8;;/h1-6,11H;;/q;+1;-1. The molecular formula is C9H8NNaO. The summed E-state index contributed by atoms with van der Waals surface area (Å²) in [5.41, 5.74) is 0.826. The molecule has 0 unspecified atom stereocenters. The Hall–Kier alpha value is -0.570. The minimum absolute atomic E-state index is 0. The number of benzene rings is 1. The Morgan fingerprint density at radius 3 is 2.92 bits per heavy atom. The van der Waals surface area contributed by atoms with Crippen LogP contribution in [0.2, 0.25) is 0 Å². The number of rotatable bonds is 0. The van der Waals surface area contributed by atoms with Crippen molar-refractivity contribution in [3.05, 3.63) is 36.5 Å². The molecule has 0 radical (unpaired) electrons. The molecule has 1 aromatic carbocycles. The van der Waals surface area contributed by atoms with E-state index >= 15 is 0 Å². The molecule has 0 saturated heterocycles. The molecule has 3 heteroatoms. The van der Waals surface area contributed by atoms with Crippen molar-refractivity contribution in [1.29, 1.82) is 0 Å². The number of hydrogen-bond donors (Lipinski definition) is 1. The number of fused-ring (bicyclic) bond motifs is 1. The molecule has 1 heterocycles. The molecule has 2 nitrogen and oxygen atoms in total. The third-order valence-electron chi connectivity index (χ3n) is 1.59. The first-order valence-electron chi connectivity index (χ1n) is 3.40. The summed E-state index contributed by atoms with van der Waals surface area (Å²) in [5, 5.41) is 10.1. The maximum Gasteiger partial charge on any atom is 1.00 e. The van der Waals surface area contributed by atoms with Crippen LogP contribution in [0.1, 0.15) is 1.43 Å². The second-order valence-corrected chi connectivity index (χ2v) is 2.38. The van der Waals surface area contributed by atoms with Gasteiger partial charge in [-0.25, -0.2) is 0 Å². The van der Waals surface area contributed by atoms with Gasteiger partial charge < -0.3 is 6.53 Å². The summed E-state index contributed by atoms with van der Waals surface area (Å²) in [6.07, 6.45) is 1.71. The van der Waals surface area contributed by atoms with Gasteiger partial charge in [-0.15, -0.1) is 0 Å². The van der Waals surface area contributed by atoms with Gasteiger partial charge in [0.2, 0.25) is 0 Å². The fourth-order valence-corrected chi connectivity index (χ4v) is 1.05. The van der Waals surface area contributed by atoms with E-state index in [1.807, 2.05) is 18.2 Å². The number of nitrogens with zero attached hydrogens (tertiary/aromatic N) is 1. The molecule has 0 atom stereocenters. The van der Waals surface area contributed by atoms with E-state index in [0.29, 0.717) is 0 Å². The number of aromatic hydroxyl groups is 1. The summed E-state index contributed by atoms with van der Waals surface area (Å²) in [5.74, 6) is 0.260. The second-order valence-electron chi connectivity index (χ2n) is 2.38. The van der Waals surface area contributed by atoms with Crippen LogP contribution in [0.3, 0.4) is 0 Å². The van der Waals surface area contributed by atoms with Crippen LogP contribution >= 0.6 is 0 Å². The minimum atomic E-state index is 0. The van der Waals surface area contributed by atoms with E-state index in [-0.39, 0.29) is 36.7 Å². The molecule has 0 spiro atoms. The Bertz CT molecular complexity index is 394. The van der Waals surface area contributed by atoms with Gasteiger partial charge in [0.05, 0.1) is 5.52 Å². The summed E-state index contributed by atoms with van der Waals surface area (Å²) in [6, 6.07) is 8.98. The van der Waals surface area contributed by atoms with Gasteiger partial charge in [0.1, 0.15) is 5.75 Å². The number of pyridine rings is 1. The zero-order chi connectivity index (χ0) is 7.68. The Kier molecular flexibility index (Phi) is 3.09. The summed E-state index contributed by atoms with van der Waals surface area (Å²) in [4.78, 5) is 4.08. The van der Waals surface area contributed by atoms with E-state index in [1.165, 1.54) is 0 Å². The van der Waals surface area contributed by atoms with Crippen LogP contribution in [0.25, 0.3) is 10.9 Å². The molecule has 0 amide bonds. The number of phenolic OH excluding ortho intramolecular Hbond substituents is 1. The maximum absolute atomic E-state index is 9.09. The molecule has 0 aliphatic carbocycles. The molecule has 0 aliphatic rings. The van der Waals surface area contributed by atoms with Crippen LogP contribution in [0.4, 0.5) is 0 Å². The van der Waals surface area contributed by atoms with E-state index in [1.54, 1.807) is 18.3 Å². The average molecular weight is 169 g/mol. The van der Waals surface area contributed by atoms with E-state index in [0.717, 1.165) is 10.9 Å². The Balaban J connectivity index is 0.000000720. The van der Waals surface area contributed by atoms with Crippen LogP contribution in [-0.2, 0) is 0 Å². The van der Waals surface area contributed by atoms with Gasteiger partial charge in [0.25, 0.3) is 0 Å². The maximum atomic E-state index is 9.09. The van der Waals surface area contributed by atoms with Crippen molar-refractivity contribution in [2.24, 2.45) is 0 Å². The van der Waals surface area contributed by atoms with Gasteiger partial charge in [-0.05, 0) is 18.2 Å². The van der Waals surface area contributed by atoms with Crippen LogP contribution in [0, 0.1) is 0 Å². The van der Waals surface area contributed by atoms with Crippen molar-refractivity contribution in [2.75, 3.05) is 0 Å². The first kappa shape index (κ1) is 9.52. The van der Waals surface area contributed by atoms with Gasteiger partial charge in [-0.3, -0.25) is 4.98 Å². The Morgan fingerprint density at radius 1 is 1.25 bits per heavy atom. The first-order chi connectivity index (χ1) is 5.36. The molecule has 12 heavy (non-hydrogen) atoms. The van der Waals surface area contributed by atoms with E-state index in [9.17, 15) is 0 Å². The predicted molar refractivity (Wildman–Crippen MR) is 44.5 cm³/mol. The summed E-state index contributed by atoms with van der Waals surface area (Å²) in [7, 11) is 0. The molecule has 1 aromatic heterocycles. The SMILES string of the molecule is Oc1ccc2cccnc2c1.[H-].[Na+]. The van der Waals surface area contributed by atoms with Crippen molar-refractivity contribution in [1.82, 2.24) is 4.98 Å². The largest absolute Gasteiger partial charge is 1.00 e. The molecule has 0 bridgehead atoms. The fraction of sp³-hybridized carbons (Fsp3) is 0. The molecule has 0 aliphatic heterocycles. The summed E-state index contributed by atoms with van der Waals surface area (Å²) < 4.78 is 0. The van der Waals surface area contributed by atoms with Crippen molar-refractivity contribution < 1.29 is 36.1 Å². The van der Waals surface area contributed by atoms with Crippen LogP contribution in [-0.4, -0.2) is 10.1 Å². The molecule has 0 fully saturated rings. The number of hydrogen-bond acceptors (Lipinski definition) is 2. The normalized spacial score (nSPS) is 9.33. The van der Waals surface area contributed by atoms with Gasteiger partial charge in [-0.1, -0.05) is 6.07 Å². The van der Waals surface area contributed by atoms with Crippen molar-refractivity contribution in [3.63, 3.8) is 0 Å². The minimum Gasteiger partial charge on any atom is -1.00 e. The van der Waals surface area contributed by atoms with E-state index in [4.69, 9.17) is 5.11 Å². The van der Waals surface area contributed by atoms with Gasteiger partial charge in [0.15, 0.2) is 0 Å². The number of aromatic nitrogens is 1. The van der Waals surface area contributed by atoms with Crippen molar-refractivity contribution in [3.8, 4) is 5.75 Å². The second kappa shape index (κ2) is 3.90. The van der Waals surface area contributed by atoms with Crippen LogP contribution < -0.4 is 29.6 Å². The summed E-state index contributed by atoms with van der Waals surface area (Å²) in [6.45, 7) is 0. The number of phenols is 1.